The van der Waals surface area contributed by atoms with Gasteiger partial charge in [0.05, 0.1) is 4.92 Å². The topological polar surface area (TPSA) is 46.4 Å². The Morgan fingerprint density at radius 3 is 2.72 bits per heavy atom. The van der Waals surface area contributed by atoms with Gasteiger partial charge in [0.1, 0.15) is 0 Å². The third kappa shape index (κ3) is 2.83. The van der Waals surface area contributed by atoms with Crippen LogP contribution in [0.1, 0.15) is 31.7 Å². The van der Waals surface area contributed by atoms with E-state index in [4.69, 9.17) is 0 Å². The molecular weight excluding hydrogens is 296 g/mol. The van der Waals surface area contributed by atoms with Crippen molar-refractivity contribution in [1.82, 2.24) is 0 Å². The molecule has 0 bridgehead atoms. The Morgan fingerprint density at radius 2 is 2.22 bits per heavy atom. The van der Waals surface area contributed by atoms with Crippen LogP contribution in [0.4, 0.5) is 11.4 Å². The molecule has 0 heterocycles. The summed E-state index contributed by atoms with van der Waals surface area (Å²) in [6.45, 7) is 3.18. The van der Waals surface area contributed by atoms with Crippen LogP contribution in [0.2, 0.25) is 0 Å². The number of nitrogens with zero attached hydrogens (tertiary/aromatic N) is 2. The number of alkyl halides is 1. The molecule has 0 unspecified atom stereocenters. The molecule has 98 valence electrons. The number of hydrogen-bond donors (Lipinski definition) is 0. The standard InChI is InChI=1S/C13H17BrN2O2/c1-2-7-15(11-3-4-11)13-6-5-12(16(17)18)8-10(13)9-14/h5-6,8,11H,2-4,7,9H2,1H3. The molecule has 1 aliphatic rings. The summed E-state index contributed by atoms with van der Waals surface area (Å²) in [6.07, 6.45) is 3.56. The second-order valence-corrected chi connectivity index (χ2v) is 5.19. The lowest BCUT2D eigenvalue weighted by Crippen LogP contribution is -2.27. The molecule has 1 saturated carbocycles. The summed E-state index contributed by atoms with van der Waals surface area (Å²) < 4.78 is 0. The van der Waals surface area contributed by atoms with E-state index in [-0.39, 0.29) is 10.6 Å². The number of hydrogen-bond acceptors (Lipinski definition) is 3. The number of halogens is 1. The zero-order valence-corrected chi connectivity index (χ0v) is 12.0. The van der Waals surface area contributed by atoms with Gasteiger partial charge in [-0.05, 0) is 30.9 Å². The van der Waals surface area contributed by atoms with E-state index in [0.717, 1.165) is 24.2 Å². The Labute approximate surface area is 115 Å². The molecule has 0 aliphatic heterocycles. The Hall–Kier alpha value is -1.10. The van der Waals surface area contributed by atoms with Crippen LogP contribution in [0.3, 0.4) is 0 Å². The molecule has 18 heavy (non-hydrogen) atoms. The number of nitro groups is 1. The molecule has 0 spiro atoms. The van der Waals surface area contributed by atoms with Crippen molar-refractivity contribution in [2.24, 2.45) is 0 Å². The Kier molecular flexibility index (Phi) is 4.22. The summed E-state index contributed by atoms with van der Waals surface area (Å²) in [5.74, 6) is 0. The van der Waals surface area contributed by atoms with Crippen LogP contribution in [-0.2, 0) is 5.33 Å². The van der Waals surface area contributed by atoms with Gasteiger partial charge in [0.2, 0.25) is 0 Å². The Bertz CT molecular complexity index is 447. The molecule has 1 aliphatic carbocycles. The van der Waals surface area contributed by atoms with E-state index in [1.54, 1.807) is 12.1 Å². The average Bonchev–Trinajstić information content (AvgIpc) is 3.19. The van der Waals surface area contributed by atoms with Crippen LogP contribution in [0.15, 0.2) is 18.2 Å². The predicted octanol–water partition coefficient (Wildman–Crippen LogP) is 3.87. The monoisotopic (exact) mass is 312 g/mol. The quantitative estimate of drug-likeness (QED) is 0.455. The van der Waals surface area contributed by atoms with Gasteiger partial charge in [-0.2, -0.15) is 0 Å². The SMILES string of the molecule is CCCN(c1ccc([N+](=O)[O-])cc1CBr)C1CC1. The van der Waals surface area contributed by atoms with Crippen molar-refractivity contribution in [3.8, 4) is 0 Å². The van der Waals surface area contributed by atoms with Crippen LogP contribution in [0.25, 0.3) is 0 Å². The average molecular weight is 313 g/mol. The molecule has 5 heteroatoms. The summed E-state index contributed by atoms with van der Waals surface area (Å²) in [6, 6.07) is 5.80. The van der Waals surface area contributed by atoms with Crippen molar-refractivity contribution in [1.29, 1.82) is 0 Å². The lowest BCUT2D eigenvalue weighted by atomic mass is 10.1. The maximum Gasteiger partial charge on any atom is 0.269 e. The summed E-state index contributed by atoms with van der Waals surface area (Å²) in [7, 11) is 0. The second kappa shape index (κ2) is 5.69. The van der Waals surface area contributed by atoms with Crippen molar-refractivity contribution < 1.29 is 4.92 Å². The highest BCUT2D eigenvalue weighted by atomic mass is 79.9. The number of nitro benzene ring substituents is 1. The van der Waals surface area contributed by atoms with Crippen molar-refractivity contribution in [3.63, 3.8) is 0 Å². The number of anilines is 1. The summed E-state index contributed by atoms with van der Waals surface area (Å²) >= 11 is 3.43. The number of rotatable bonds is 6. The molecule has 0 N–H and O–H groups in total. The van der Waals surface area contributed by atoms with Crippen molar-refractivity contribution in [3.05, 3.63) is 33.9 Å². The highest BCUT2D eigenvalue weighted by Gasteiger charge is 2.30. The van der Waals surface area contributed by atoms with Gasteiger partial charge in [0.25, 0.3) is 5.69 Å². The third-order valence-electron chi connectivity index (χ3n) is 3.18. The number of benzene rings is 1. The normalized spacial score (nSPS) is 14.6. The molecule has 4 nitrogen and oxygen atoms in total. The largest absolute Gasteiger partial charge is 0.368 e. The van der Waals surface area contributed by atoms with Gasteiger partial charge < -0.3 is 4.90 Å². The van der Waals surface area contributed by atoms with E-state index in [1.165, 1.54) is 12.8 Å². The first-order valence-electron chi connectivity index (χ1n) is 6.27. The van der Waals surface area contributed by atoms with Crippen molar-refractivity contribution in [2.75, 3.05) is 11.4 Å². The molecule has 0 saturated heterocycles. The molecule has 1 aromatic carbocycles. The molecule has 1 aromatic rings. The Balaban J connectivity index is 2.32. The van der Waals surface area contributed by atoms with Crippen LogP contribution in [0, 0.1) is 10.1 Å². The molecule has 0 atom stereocenters. The van der Waals surface area contributed by atoms with Gasteiger partial charge in [-0.15, -0.1) is 0 Å². The minimum Gasteiger partial charge on any atom is -0.368 e. The first kappa shape index (κ1) is 13.3. The van der Waals surface area contributed by atoms with Crippen LogP contribution >= 0.6 is 15.9 Å². The zero-order chi connectivity index (χ0) is 13.1. The number of non-ortho nitro benzene ring substituents is 1. The van der Waals surface area contributed by atoms with Gasteiger partial charge in [-0.3, -0.25) is 10.1 Å². The molecule has 1 fully saturated rings. The fourth-order valence-electron chi connectivity index (χ4n) is 2.20. The maximum atomic E-state index is 10.8. The second-order valence-electron chi connectivity index (χ2n) is 4.63. The van der Waals surface area contributed by atoms with E-state index < -0.39 is 0 Å². The molecule has 0 radical (unpaired) electrons. The van der Waals surface area contributed by atoms with Gasteiger partial charge in [0.15, 0.2) is 0 Å². The third-order valence-corrected chi connectivity index (χ3v) is 3.78. The highest BCUT2D eigenvalue weighted by molar-refractivity contribution is 9.08. The Morgan fingerprint density at radius 1 is 1.50 bits per heavy atom. The van der Waals surface area contributed by atoms with Crippen LogP contribution < -0.4 is 4.90 Å². The molecular formula is C13H17BrN2O2. The van der Waals surface area contributed by atoms with E-state index in [0.29, 0.717) is 11.4 Å². The van der Waals surface area contributed by atoms with E-state index in [9.17, 15) is 10.1 Å². The van der Waals surface area contributed by atoms with Crippen LogP contribution in [-0.4, -0.2) is 17.5 Å². The van der Waals surface area contributed by atoms with Gasteiger partial charge in [-0.25, -0.2) is 0 Å². The first-order valence-corrected chi connectivity index (χ1v) is 7.39. The highest BCUT2D eigenvalue weighted by Crippen LogP contribution is 2.35. The van der Waals surface area contributed by atoms with Gasteiger partial charge in [-0.1, -0.05) is 22.9 Å². The maximum absolute atomic E-state index is 10.8. The molecule has 0 amide bonds. The van der Waals surface area contributed by atoms with Crippen LogP contribution in [0.5, 0.6) is 0 Å². The summed E-state index contributed by atoms with van der Waals surface area (Å²) in [5.41, 5.74) is 2.31. The fourth-order valence-corrected chi connectivity index (χ4v) is 2.65. The minimum atomic E-state index is -0.336. The van der Waals surface area contributed by atoms with Crippen molar-refractivity contribution >= 4 is 27.3 Å². The lowest BCUT2D eigenvalue weighted by molar-refractivity contribution is -0.384. The van der Waals surface area contributed by atoms with Crippen molar-refractivity contribution in [2.45, 2.75) is 37.6 Å². The zero-order valence-electron chi connectivity index (χ0n) is 10.4. The predicted molar refractivity (Wildman–Crippen MR) is 76.4 cm³/mol. The van der Waals surface area contributed by atoms with Gasteiger partial charge >= 0.3 is 0 Å². The molecule has 2 rings (SSSR count). The lowest BCUT2D eigenvalue weighted by Gasteiger charge is -2.26. The summed E-state index contributed by atoms with van der Waals surface area (Å²) in [4.78, 5) is 12.9. The summed E-state index contributed by atoms with van der Waals surface area (Å²) in [5, 5.41) is 11.4. The molecule has 0 aromatic heterocycles. The minimum absolute atomic E-state index is 0.167. The smallest absolute Gasteiger partial charge is 0.269 e. The van der Waals surface area contributed by atoms with E-state index in [2.05, 4.69) is 27.8 Å². The van der Waals surface area contributed by atoms with E-state index >= 15 is 0 Å². The fraction of sp³-hybridized carbons (Fsp3) is 0.538. The first-order chi connectivity index (χ1) is 8.67. The van der Waals surface area contributed by atoms with Gasteiger partial charge in [0, 0.05) is 35.7 Å². The van der Waals surface area contributed by atoms with E-state index in [1.807, 2.05) is 6.07 Å².